The fourth-order valence-corrected chi connectivity index (χ4v) is 3.27. The zero-order chi connectivity index (χ0) is 16.4. The van der Waals surface area contributed by atoms with Gasteiger partial charge >= 0.3 is 0 Å². The van der Waals surface area contributed by atoms with Crippen LogP contribution in [0.5, 0.6) is 0 Å². The average molecular weight is 384 g/mol. The fourth-order valence-electron chi connectivity index (χ4n) is 1.95. The maximum Gasteiger partial charge on any atom is 0.189 e. The standard InChI is InChI=1S/C15H18BrN3O2S/c1-14(2,3)15(21,8-19-10-17-9-18-19)12(20)6-4-11-5-7-13(16)22-11/h4-7,9-10,21H,8H2,1-3H3. The van der Waals surface area contributed by atoms with Gasteiger partial charge in [-0.15, -0.1) is 11.3 Å². The van der Waals surface area contributed by atoms with Gasteiger partial charge in [0.05, 0.1) is 10.3 Å². The number of thiophene rings is 1. The smallest absolute Gasteiger partial charge is 0.189 e. The van der Waals surface area contributed by atoms with Crippen LogP contribution in [0.3, 0.4) is 0 Å². The molecule has 0 saturated carbocycles. The van der Waals surface area contributed by atoms with Crippen molar-refractivity contribution >= 4 is 39.1 Å². The predicted molar refractivity (Wildman–Crippen MR) is 90.5 cm³/mol. The molecule has 1 N–H and O–H groups in total. The lowest BCUT2D eigenvalue weighted by Crippen LogP contribution is -2.52. The third-order valence-electron chi connectivity index (χ3n) is 3.50. The van der Waals surface area contributed by atoms with E-state index in [2.05, 4.69) is 26.0 Å². The molecule has 0 aliphatic heterocycles. The van der Waals surface area contributed by atoms with E-state index in [1.54, 1.807) is 6.08 Å². The average Bonchev–Trinajstić information content (AvgIpc) is 3.06. The third kappa shape index (κ3) is 3.71. The van der Waals surface area contributed by atoms with Gasteiger partial charge in [-0.1, -0.05) is 20.8 Å². The highest BCUT2D eigenvalue weighted by atomic mass is 79.9. The van der Waals surface area contributed by atoms with E-state index in [4.69, 9.17) is 0 Å². The Morgan fingerprint density at radius 1 is 1.45 bits per heavy atom. The van der Waals surface area contributed by atoms with Crippen molar-refractivity contribution < 1.29 is 9.90 Å². The topological polar surface area (TPSA) is 68.0 Å². The van der Waals surface area contributed by atoms with Crippen LogP contribution in [0.4, 0.5) is 0 Å². The van der Waals surface area contributed by atoms with Crippen LogP contribution < -0.4 is 0 Å². The van der Waals surface area contributed by atoms with Gasteiger partial charge in [0, 0.05) is 10.3 Å². The van der Waals surface area contributed by atoms with Crippen molar-refractivity contribution in [2.45, 2.75) is 32.9 Å². The molecule has 0 saturated heterocycles. The molecule has 118 valence electrons. The molecule has 1 atom stereocenters. The van der Waals surface area contributed by atoms with Crippen LogP contribution in [0.25, 0.3) is 6.08 Å². The van der Waals surface area contributed by atoms with E-state index in [1.165, 1.54) is 34.7 Å². The van der Waals surface area contributed by atoms with Crippen molar-refractivity contribution in [3.8, 4) is 0 Å². The Bertz CT molecular complexity index is 673. The van der Waals surface area contributed by atoms with Crippen LogP contribution in [-0.2, 0) is 11.3 Å². The van der Waals surface area contributed by atoms with Crippen LogP contribution >= 0.6 is 27.3 Å². The number of aliphatic hydroxyl groups is 1. The van der Waals surface area contributed by atoms with E-state index >= 15 is 0 Å². The van der Waals surface area contributed by atoms with E-state index in [9.17, 15) is 9.90 Å². The van der Waals surface area contributed by atoms with Gasteiger partial charge in [0.15, 0.2) is 11.4 Å². The van der Waals surface area contributed by atoms with Gasteiger partial charge in [0.1, 0.15) is 12.7 Å². The molecule has 0 radical (unpaired) electrons. The number of aromatic nitrogens is 3. The molecule has 7 heteroatoms. The molecular formula is C15H18BrN3O2S. The van der Waals surface area contributed by atoms with E-state index in [-0.39, 0.29) is 12.3 Å². The third-order valence-corrected chi connectivity index (χ3v) is 5.09. The van der Waals surface area contributed by atoms with Crippen molar-refractivity contribution in [1.82, 2.24) is 14.8 Å². The maximum atomic E-state index is 12.6. The molecule has 2 aromatic heterocycles. The van der Waals surface area contributed by atoms with Crippen molar-refractivity contribution in [2.24, 2.45) is 5.41 Å². The lowest BCUT2D eigenvalue weighted by atomic mass is 9.73. The zero-order valence-electron chi connectivity index (χ0n) is 12.7. The lowest BCUT2D eigenvalue weighted by Gasteiger charge is -2.37. The molecule has 0 fully saturated rings. The predicted octanol–water partition coefficient (Wildman–Crippen LogP) is 3.16. The summed E-state index contributed by atoms with van der Waals surface area (Å²) in [6.45, 7) is 5.56. The van der Waals surface area contributed by atoms with Crippen LogP contribution in [0.2, 0.25) is 0 Å². The first kappa shape index (κ1) is 17.1. The minimum Gasteiger partial charge on any atom is -0.379 e. The largest absolute Gasteiger partial charge is 0.379 e. The highest BCUT2D eigenvalue weighted by Crippen LogP contribution is 2.33. The Morgan fingerprint density at radius 2 is 2.18 bits per heavy atom. The molecule has 2 rings (SSSR count). The van der Waals surface area contributed by atoms with Gasteiger partial charge < -0.3 is 5.11 Å². The van der Waals surface area contributed by atoms with E-state index in [0.717, 1.165) is 8.66 Å². The molecule has 5 nitrogen and oxygen atoms in total. The van der Waals surface area contributed by atoms with Gasteiger partial charge in [-0.3, -0.25) is 4.79 Å². The molecule has 2 heterocycles. The van der Waals surface area contributed by atoms with Gasteiger partial charge in [0.25, 0.3) is 0 Å². The second kappa shape index (κ2) is 6.44. The summed E-state index contributed by atoms with van der Waals surface area (Å²) in [6.07, 6.45) is 6.02. The number of carbonyl (C=O) groups excluding carboxylic acids is 1. The number of hydrogen-bond donors (Lipinski definition) is 1. The Labute approximate surface area is 141 Å². The number of rotatable bonds is 5. The number of nitrogens with zero attached hydrogens (tertiary/aromatic N) is 3. The maximum absolute atomic E-state index is 12.6. The van der Waals surface area contributed by atoms with Crippen LogP contribution in [0.1, 0.15) is 25.6 Å². The Kier molecular flexibility index (Phi) is 4.99. The highest BCUT2D eigenvalue weighted by Gasteiger charge is 2.46. The summed E-state index contributed by atoms with van der Waals surface area (Å²) in [4.78, 5) is 17.4. The highest BCUT2D eigenvalue weighted by molar-refractivity contribution is 9.11. The van der Waals surface area contributed by atoms with E-state index in [0.29, 0.717) is 0 Å². The molecule has 2 aromatic rings. The lowest BCUT2D eigenvalue weighted by molar-refractivity contribution is -0.147. The van der Waals surface area contributed by atoms with Crippen LogP contribution in [-0.4, -0.2) is 31.3 Å². The van der Waals surface area contributed by atoms with Gasteiger partial charge in [-0.2, -0.15) is 5.10 Å². The number of ketones is 1. The second-order valence-corrected chi connectivity index (χ2v) is 8.54. The molecule has 0 amide bonds. The Morgan fingerprint density at radius 3 is 2.68 bits per heavy atom. The van der Waals surface area contributed by atoms with Gasteiger partial charge in [0.2, 0.25) is 0 Å². The minimum absolute atomic E-state index is 0.0633. The molecule has 0 spiro atoms. The van der Waals surface area contributed by atoms with Crippen molar-refractivity contribution in [1.29, 1.82) is 0 Å². The van der Waals surface area contributed by atoms with Gasteiger partial charge in [-0.05, 0) is 40.2 Å². The summed E-state index contributed by atoms with van der Waals surface area (Å²) in [5.41, 5.74) is -2.21. The molecular weight excluding hydrogens is 366 g/mol. The Hall–Kier alpha value is -1.31. The number of carbonyl (C=O) groups is 1. The molecule has 22 heavy (non-hydrogen) atoms. The Balaban J connectivity index is 2.25. The summed E-state index contributed by atoms with van der Waals surface area (Å²) >= 11 is 4.90. The van der Waals surface area contributed by atoms with Crippen LogP contribution in [0.15, 0.2) is 34.6 Å². The first-order chi connectivity index (χ1) is 10.2. The van der Waals surface area contributed by atoms with Crippen molar-refractivity contribution in [3.05, 3.63) is 39.5 Å². The summed E-state index contributed by atoms with van der Waals surface area (Å²) in [5.74, 6) is -0.347. The summed E-state index contributed by atoms with van der Waals surface area (Å²) in [5, 5.41) is 15.0. The first-order valence-corrected chi connectivity index (χ1v) is 8.36. The van der Waals surface area contributed by atoms with Gasteiger partial charge in [-0.25, -0.2) is 9.67 Å². The first-order valence-electron chi connectivity index (χ1n) is 6.75. The minimum atomic E-state index is -1.56. The fraction of sp³-hybridized carbons (Fsp3) is 0.400. The molecule has 0 bridgehead atoms. The number of hydrogen-bond acceptors (Lipinski definition) is 5. The van der Waals surface area contributed by atoms with E-state index in [1.807, 2.05) is 32.9 Å². The monoisotopic (exact) mass is 383 g/mol. The number of halogens is 1. The molecule has 0 aromatic carbocycles. The van der Waals surface area contributed by atoms with Crippen molar-refractivity contribution in [2.75, 3.05) is 0 Å². The summed E-state index contributed by atoms with van der Waals surface area (Å²) in [7, 11) is 0. The SMILES string of the molecule is CC(C)(C)C(O)(Cn1cncn1)C(=O)C=Cc1ccc(Br)s1. The second-order valence-electron chi connectivity index (χ2n) is 6.04. The van der Waals surface area contributed by atoms with Crippen LogP contribution in [0, 0.1) is 5.41 Å². The normalized spacial score (nSPS) is 15.1. The zero-order valence-corrected chi connectivity index (χ0v) is 15.1. The van der Waals surface area contributed by atoms with Crippen molar-refractivity contribution in [3.63, 3.8) is 0 Å². The quantitative estimate of drug-likeness (QED) is 0.805. The molecule has 0 aliphatic rings. The summed E-state index contributed by atoms with van der Waals surface area (Å²) < 4.78 is 2.46. The van der Waals surface area contributed by atoms with E-state index < -0.39 is 11.0 Å². The summed E-state index contributed by atoms with van der Waals surface area (Å²) in [6, 6.07) is 3.83. The molecule has 0 aliphatic carbocycles. The molecule has 1 unspecified atom stereocenters.